The molecule has 0 spiro atoms. The molecule has 1 atom stereocenters. The predicted molar refractivity (Wildman–Crippen MR) is 98.1 cm³/mol. The number of hydrogen-bond acceptors (Lipinski definition) is 6. The van der Waals surface area contributed by atoms with E-state index in [2.05, 4.69) is 24.9 Å². The number of phenols is 1. The van der Waals surface area contributed by atoms with Gasteiger partial charge in [-0.15, -0.1) is 4.47 Å². The Morgan fingerprint density at radius 2 is 2.15 bits per heavy atom. The lowest BCUT2D eigenvalue weighted by Crippen LogP contribution is -2.15. The lowest BCUT2D eigenvalue weighted by molar-refractivity contribution is -0.118. The number of methoxy groups -OCH3 is 1. The van der Waals surface area contributed by atoms with Crippen LogP contribution in [0.4, 0.5) is 5.69 Å². The van der Waals surface area contributed by atoms with Gasteiger partial charge in [0.2, 0.25) is 11.8 Å². The zero-order valence-corrected chi connectivity index (χ0v) is 15.3. The number of hydrogen-bond donors (Lipinski definition) is 3. The predicted octanol–water partition coefficient (Wildman–Crippen LogP) is 1.16. The number of nitrogens with one attached hydrogen (secondary N) is 2. The highest BCUT2D eigenvalue weighted by Crippen LogP contribution is 2.22. The van der Waals surface area contributed by atoms with Gasteiger partial charge >= 0.3 is 5.97 Å². The third kappa shape index (κ3) is 5.66. The summed E-state index contributed by atoms with van der Waals surface area (Å²) in [6.07, 6.45) is 0.539. The lowest BCUT2D eigenvalue weighted by atomic mass is 10.1. The summed E-state index contributed by atoms with van der Waals surface area (Å²) in [7, 11) is 0.783. The first kappa shape index (κ1) is 19.6. The lowest BCUT2D eigenvalue weighted by Gasteiger charge is -2.10. The molecule has 1 fully saturated rings. The average Bonchev–Trinajstić information content (AvgIpc) is 3.04. The number of phenolic OH excluding ortho intramolecular Hbond substituents is 1. The summed E-state index contributed by atoms with van der Waals surface area (Å²) in [6, 6.07) is 4.03. The van der Waals surface area contributed by atoms with E-state index < -0.39 is 16.7 Å². The van der Waals surface area contributed by atoms with Crippen molar-refractivity contribution in [3.63, 3.8) is 0 Å². The van der Waals surface area contributed by atoms with Gasteiger partial charge in [-0.2, -0.15) is 5.10 Å². The maximum Gasteiger partial charge on any atom is 0.340 e. The van der Waals surface area contributed by atoms with Crippen molar-refractivity contribution in [1.29, 1.82) is 0 Å². The zero-order chi connectivity index (χ0) is 19.1. The van der Waals surface area contributed by atoms with E-state index in [1.54, 1.807) is 6.92 Å². The van der Waals surface area contributed by atoms with Crippen LogP contribution in [0.3, 0.4) is 0 Å². The molecule has 1 aliphatic rings. The van der Waals surface area contributed by atoms with E-state index >= 15 is 0 Å². The summed E-state index contributed by atoms with van der Waals surface area (Å²) in [4.78, 5) is 34.9. The third-order valence-corrected chi connectivity index (χ3v) is 4.84. The first-order valence-corrected chi connectivity index (χ1v) is 9.30. The van der Waals surface area contributed by atoms with Crippen molar-refractivity contribution >= 4 is 39.9 Å². The second kappa shape index (κ2) is 9.09. The number of amides is 2. The molecule has 1 aromatic rings. The smallest absolute Gasteiger partial charge is 0.340 e. The molecule has 2 amide bonds. The van der Waals surface area contributed by atoms with Crippen LogP contribution in [0.25, 0.3) is 0 Å². The maximum absolute atomic E-state index is 12.1. The highest BCUT2D eigenvalue weighted by atomic mass is 32.2. The largest absolute Gasteiger partial charge is 0.508 e. The Hall–Kier alpha value is -2.75. The Balaban J connectivity index is 1.93. The van der Waals surface area contributed by atoms with E-state index in [4.69, 9.17) is 0 Å². The highest BCUT2D eigenvalue weighted by molar-refractivity contribution is 7.88. The molecule has 0 bridgehead atoms. The van der Waals surface area contributed by atoms with Gasteiger partial charge < -0.3 is 20.5 Å². The SMILES string of the molecule is COC(=O)c1cc(O)ccc1NC(=O)CC/C(C)=N/N=S1\CNC(=O)C1. The monoisotopic (exact) mass is 380 g/mol. The van der Waals surface area contributed by atoms with Gasteiger partial charge in [-0.25, -0.2) is 4.79 Å². The van der Waals surface area contributed by atoms with Crippen LogP contribution in [0.5, 0.6) is 5.75 Å². The van der Waals surface area contributed by atoms with Crippen molar-refractivity contribution in [2.24, 2.45) is 9.57 Å². The number of carbonyl (C=O) groups excluding carboxylic acids is 3. The van der Waals surface area contributed by atoms with Crippen LogP contribution in [-0.2, 0) is 25.0 Å². The normalized spacial score (nSPS) is 17.1. The molecule has 1 aliphatic heterocycles. The Morgan fingerprint density at radius 1 is 1.38 bits per heavy atom. The Kier molecular flexibility index (Phi) is 6.84. The summed E-state index contributed by atoms with van der Waals surface area (Å²) < 4.78 is 8.74. The minimum atomic E-state index is -0.659. The number of ether oxygens (including phenoxy) is 1. The van der Waals surface area contributed by atoms with Crippen molar-refractivity contribution < 1.29 is 24.2 Å². The van der Waals surface area contributed by atoms with Gasteiger partial charge in [-0.3, -0.25) is 9.59 Å². The van der Waals surface area contributed by atoms with Crippen LogP contribution in [0.15, 0.2) is 27.8 Å². The van der Waals surface area contributed by atoms with Gasteiger partial charge in [-0.1, -0.05) is 0 Å². The zero-order valence-electron chi connectivity index (χ0n) is 14.4. The van der Waals surface area contributed by atoms with E-state index in [9.17, 15) is 19.5 Å². The number of nitrogens with zero attached hydrogens (tertiary/aromatic N) is 2. The van der Waals surface area contributed by atoms with Gasteiger partial charge in [-0.05, 0) is 42.2 Å². The summed E-state index contributed by atoms with van der Waals surface area (Å²) in [5, 5.41) is 18.9. The summed E-state index contributed by atoms with van der Waals surface area (Å²) >= 11 is 0. The van der Waals surface area contributed by atoms with Crippen LogP contribution >= 0.6 is 0 Å². The molecule has 9 nitrogen and oxygen atoms in total. The molecule has 2 rings (SSSR count). The highest BCUT2D eigenvalue weighted by Gasteiger charge is 2.16. The first-order chi connectivity index (χ1) is 12.4. The Labute approximate surface area is 152 Å². The molecular formula is C16H20N4O5S. The molecule has 0 aliphatic carbocycles. The standard InChI is InChI=1S/C16H20N4O5S/c1-10(19-20-26-8-15(23)17-9-26)3-6-14(22)18-13-5-4-11(21)7-12(13)16(24)25-2/h4-5,7,21H,3,6,8-9H2,1-2H3,(H,17,23)(H,18,22)/b19-10+. The topological polar surface area (TPSA) is 129 Å². The fourth-order valence-corrected chi connectivity index (χ4v) is 3.28. The van der Waals surface area contributed by atoms with Gasteiger partial charge in [0.15, 0.2) is 0 Å². The summed E-state index contributed by atoms with van der Waals surface area (Å²) in [6.45, 7) is 1.76. The molecule has 3 N–H and O–H groups in total. The minimum absolute atomic E-state index is 0.0281. The molecule has 140 valence electrons. The number of aromatic hydroxyl groups is 1. The van der Waals surface area contributed by atoms with E-state index in [-0.39, 0.29) is 35.2 Å². The summed E-state index contributed by atoms with van der Waals surface area (Å²) in [5.41, 5.74) is 1.00. The van der Waals surface area contributed by atoms with Crippen molar-refractivity contribution in [3.05, 3.63) is 23.8 Å². The molecule has 1 saturated heterocycles. The number of benzene rings is 1. The summed E-state index contributed by atoms with van der Waals surface area (Å²) in [5.74, 6) is -0.237. The van der Waals surface area contributed by atoms with Gasteiger partial charge in [0.25, 0.3) is 0 Å². The van der Waals surface area contributed by atoms with Gasteiger partial charge in [0, 0.05) is 12.1 Å². The first-order valence-electron chi connectivity index (χ1n) is 7.78. The number of esters is 1. The van der Waals surface area contributed by atoms with E-state index in [0.717, 1.165) is 0 Å². The van der Waals surface area contributed by atoms with Gasteiger partial charge in [0.1, 0.15) is 5.75 Å². The van der Waals surface area contributed by atoms with Crippen molar-refractivity contribution in [2.45, 2.75) is 19.8 Å². The second-order valence-corrected chi connectivity index (χ2v) is 7.20. The maximum atomic E-state index is 12.1. The van der Waals surface area contributed by atoms with E-state index in [1.165, 1.54) is 25.3 Å². The Morgan fingerprint density at radius 3 is 2.81 bits per heavy atom. The molecule has 0 radical (unpaired) electrons. The van der Waals surface area contributed by atoms with Crippen LogP contribution < -0.4 is 10.6 Å². The van der Waals surface area contributed by atoms with Crippen molar-refractivity contribution in [2.75, 3.05) is 24.1 Å². The van der Waals surface area contributed by atoms with Gasteiger partial charge in [0.05, 0.1) is 30.0 Å². The molecule has 10 heteroatoms. The van der Waals surface area contributed by atoms with Crippen LogP contribution in [-0.4, -0.2) is 47.3 Å². The molecule has 1 heterocycles. The fourth-order valence-electron chi connectivity index (χ4n) is 2.08. The third-order valence-electron chi connectivity index (χ3n) is 3.46. The van der Waals surface area contributed by atoms with Crippen LogP contribution in [0.2, 0.25) is 0 Å². The molecule has 0 aromatic heterocycles. The average molecular weight is 380 g/mol. The minimum Gasteiger partial charge on any atom is -0.508 e. The Bertz CT molecular complexity index is 791. The van der Waals surface area contributed by atoms with Crippen LogP contribution in [0.1, 0.15) is 30.1 Å². The van der Waals surface area contributed by atoms with E-state index in [1.807, 2.05) is 0 Å². The molecular weight excluding hydrogens is 360 g/mol. The van der Waals surface area contributed by atoms with Crippen molar-refractivity contribution in [1.82, 2.24) is 5.32 Å². The molecule has 1 aromatic carbocycles. The number of anilines is 1. The number of rotatable bonds is 6. The molecule has 1 unspecified atom stereocenters. The quantitative estimate of drug-likeness (QED) is 0.295. The molecule has 0 saturated carbocycles. The van der Waals surface area contributed by atoms with E-state index in [0.29, 0.717) is 23.8 Å². The number of carbonyl (C=O) groups is 3. The second-order valence-electron chi connectivity index (χ2n) is 5.54. The molecule has 26 heavy (non-hydrogen) atoms. The fraction of sp³-hybridized carbons (Fsp3) is 0.375. The van der Waals surface area contributed by atoms with Crippen molar-refractivity contribution in [3.8, 4) is 5.75 Å². The van der Waals surface area contributed by atoms with Crippen LogP contribution in [0, 0.1) is 0 Å².